The number of rotatable bonds is 8. The third-order valence-corrected chi connectivity index (χ3v) is 9.43. The third kappa shape index (κ3) is 7.19. The Morgan fingerprint density at radius 1 is 0.250 bits per heavy atom. The maximum absolute atomic E-state index is 9.35. The third-order valence-electron chi connectivity index (χ3n) is 9.43. The largest absolute Gasteiger partial charge is 0.208 e. The molecule has 0 bridgehead atoms. The molecule has 0 N–H and O–H groups in total. The number of hydrogen-bond donors (Lipinski definition) is 0. The second-order valence-corrected chi connectivity index (χ2v) is 13.1. The van der Waals surface area contributed by atoms with Gasteiger partial charge in [-0.2, -0.15) is 5.26 Å². The van der Waals surface area contributed by atoms with Crippen molar-refractivity contribution in [3.63, 3.8) is 0 Å². The summed E-state index contributed by atoms with van der Waals surface area (Å²) in [5, 5.41) is 9.35. The van der Waals surface area contributed by atoms with Crippen LogP contribution in [0.4, 0.5) is 0 Å². The zero-order valence-electron chi connectivity index (χ0n) is 30.0. The van der Waals surface area contributed by atoms with Gasteiger partial charge in [0.05, 0.1) is 11.6 Å². The van der Waals surface area contributed by atoms with Crippen LogP contribution in [0.25, 0.3) is 90.6 Å². The van der Waals surface area contributed by atoms with Gasteiger partial charge in [0.25, 0.3) is 0 Å². The molecule has 9 aromatic rings. The van der Waals surface area contributed by atoms with Crippen LogP contribution in [0.1, 0.15) is 5.56 Å². The molecule has 9 rings (SSSR count). The summed E-state index contributed by atoms with van der Waals surface area (Å²) in [6, 6.07) is 64.4. The Balaban J connectivity index is 1.10. The summed E-state index contributed by atoms with van der Waals surface area (Å²) in [6.45, 7) is 0. The van der Waals surface area contributed by atoms with Crippen LogP contribution in [0.2, 0.25) is 0 Å². The van der Waals surface area contributed by atoms with Crippen molar-refractivity contribution in [2.24, 2.45) is 0 Å². The highest BCUT2D eigenvalue weighted by molar-refractivity contribution is 5.77. The van der Waals surface area contributed by atoms with Gasteiger partial charge < -0.3 is 0 Å². The minimum Gasteiger partial charge on any atom is -0.208 e. The highest BCUT2D eigenvalue weighted by Gasteiger charge is 2.16. The zero-order valence-corrected chi connectivity index (χ0v) is 30.0. The molecular formula is C49H31N7. The van der Waals surface area contributed by atoms with Crippen LogP contribution in [-0.2, 0) is 0 Å². The molecule has 0 unspecified atom stereocenters. The second kappa shape index (κ2) is 15.2. The highest BCUT2D eigenvalue weighted by Crippen LogP contribution is 2.32. The molecule has 0 aliphatic carbocycles. The van der Waals surface area contributed by atoms with Crippen LogP contribution in [-0.4, -0.2) is 29.9 Å². The van der Waals surface area contributed by atoms with Crippen LogP contribution < -0.4 is 0 Å². The van der Waals surface area contributed by atoms with Crippen molar-refractivity contribution in [1.29, 1.82) is 5.26 Å². The van der Waals surface area contributed by atoms with E-state index in [0.29, 0.717) is 40.5 Å². The Labute approximate surface area is 324 Å². The van der Waals surface area contributed by atoms with Crippen molar-refractivity contribution in [2.45, 2.75) is 0 Å². The van der Waals surface area contributed by atoms with Crippen molar-refractivity contribution in [3.8, 4) is 96.7 Å². The molecule has 0 fully saturated rings. The topological polar surface area (TPSA) is 101 Å². The maximum Gasteiger partial charge on any atom is 0.164 e. The molecule has 0 radical (unpaired) electrons. The first-order chi connectivity index (χ1) is 27.7. The molecule has 0 aliphatic heterocycles. The summed E-state index contributed by atoms with van der Waals surface area (Å²) in [4.78, 5) is 29.6. The molecule has 2 aromatic heterocycles. The van der Waals surface area contributed by atoms with Crippen molar-refractivity contribution in [1.82, 2.24) is 29.9 Å². The lowest BCUT2D eigenvalue weighted by molar-refractivity contribution is 1.07. The van der Waals surface area contributed by atoms with E-state index in [1.165, 1.54) is 0 Å². The molecule has 0 spiro atoms. The highest BCUT2D eigenvalue weighted by atomic mass is 15.0. The maximum atomic E-state index is 9.35. The van der Waals surface area contributed by atoms with Gasteiger partial charge in [0.15, 0.2) is 34.9 Å². The van der Waals surface area contributed by atoms with Crippen LogP contribution >= 0.6 is 0 Å². The molecule has 0 amide bonds. The standard InChI is InChI=1S/C49H31N7/c50-32-33-22-24-38(25-23-33)46-51-44(36-14-6-2-7-15-36)53-48(55-46)42-20-10-18-40(30-42)41-19-11-21-43(31-41)49-54-45(37-16-8-3-9-17-37)52-47(56-49)39-28-26-35(27-29-39)34-12-4-1-5-13-34/h1-31H. The van der Waals surface area contributed by atoms with Gasteiger partial charge >= 0.3 is 0 Å². The van der Waals surface area contributed by atoms with E-state index in [2.05, 4.69) is 66.7 Å². The fourth-order valence-corrected chi connectivity index (χ4v) is 6.51. The van der Waals surface area contributed by atoms with E-state index in [0.717, 1.165) is 55.6 Å². The Kier molecular flexibility index (Phi) is 9.18. The van der Waals surface area contributed by atoms with E-state index in [9.17, 15) is 5.26 Å². The summed E-state index contributed by atoms with van der Waals surface area (Å²) >= 11 is 0. The quantitative estimate of drug-likeness (QED) is 0.154. The number of benzene rings is 7. The summed E-state index contributed by atoms with van der Waals surface area (Å²) in [6.07, 6.45) is 0. The van der Waals surface area contributed by atoms with Gasteiger partial charge in [-0.15, -0.1) is 0 Å². The summed E-state index contributed by atoms with van der Waals surface area (Å²) in [5.41, 5.74) is 10.0. The molecule has 0 saturated heterocycles. The predicted octanol–water partition coefficient (Wildman–Crippen LogP) is 11.3. The SMILES string of the molecule is N#Cc1ccc(-c2nc(-c3ccccc3)nc(-c3cccc(-c4cccc(-c5nc(-c6ccccc6)nc(-c6ccc(-c7ccccc7)cc6)n5)c4)c3)n2)cc1. The zero-order chi connectivity index (χ0) is 37.7. The van der Waals surface area contributed by atoms with E-state index in [1.54, 1.807) is 12.1 Å². The van der Waals surface area contributed by atoms with Gasteiger partial charge in [-0.3, -0.25) is 0 Å². The Morgan fingerprint density at radius 3 is 0.911 bits per heavy atom. The van der Waals surface area contributed by atoms with Crippen molar-refractivity contribution in [2.75, 3.05) is 0 Å². The first kappa shape index (κ1) is 33.9. The predicted molar refractivity (Wildman–Crippen MR) is 221 cm³/mol. The Morgan fingerprint density at radius 2 is 0.518 bits per heavy atom. The Hall–Kier alpha value is -7.95. The number of nitrogens with zero attached hydrogens (tertiary/aromatic N) is 7. The van der Waals surface area contributed by atoms with E-state index in [4.69, 9.17) is 29.9 Å². The monoisotopic (exact) mass is 717 g/mol. The van der Waals surface area contributed by atoms with E-state index in [1.807, 2.05) is 115 Å². The molecular weight excluding hydrogens is 687 g/mol. The van der Waals surface area contributed by atoms with Gasteiger partial charge in [-0.05, 0) is 58.7 Å². The minimum absolute atomic E-state index is 0.528. The number of nitriles is 1. The summed E-state index contributed by atoms with van der Waals surface area (Å²) in [7, 11) is 0. The summed E-state index contributed by atoms with van der Waals surface area (Å²) < 4.78 is 0. The molecule has 0 atom stereocenters. The van der Waals surface area contributed by atoms with Gasteiger partial charge in [0, 0.05) is 33.4 Å². The second-order valence-electron chi connectivity index (χ2n) is 13.1. The smallest absolute Gasteiger partial charge is 0.164 e. The first-order valence-corrected chi connectivity index (χ1v) is 18.2. The van der Waals surface area contributed by atoms with Crippen LogP contribution in [0.15, 0.2) is 188 Å². The van der Waals surface area contributed by atoms with Crippen LogP contribution in [0, 0.1) is 11.3 Å². The number of hydrogen-bond acceptors (Lipinski definition) is 7. The molecule has 0 saturated carbocycles. The van der Waals surface area contributed by atoms with Crippen molar-refractivity contribution < 1.29 is 0 Å². The normalized spacial score (nSPS) is 10.8. The average molecular weight is 718 g/mol. The molecule has 56 heavy (non-hydrogen) atoms. The van der Waals surface area contributed by atoms with Crippen molar-refractivity contribution >= 4 is 0 Å². The molecule has 2 heterocycles. The van der Waals surface area contributed by atoms with Gasteiger partial charge in [-0.25, -0.2) is 29.9 Å². The molecule has 7 aromatic carbocycles. The lowest BCUT2D eigenvalue weighted by Crippen LogP contribution is -2.00. The average Bonchev–Trinajstić information content (AvgIpc) is 3.30. The van der Waals surface area contributed by atoms with Gasteiger partial charge in [-0.1, -0.05) is 152 Å². The molecule has 0 aliphatic rings. The van der Waals surface area contributed by atoms with E-state index in [-0.39, 0.29) is 0 Å². The lowest BCUT2D eigenvalue weighted by atomic mass is 10.0. The van der Waals surface area contributed by atoms with Gasteiger partial charge in [0.1, 0.15) is 0 Å². The minimum atomic E-state index is 0.528. The lowest BCUT2D eigenvalue weighted by Gasteiger charge is -2.11. The Bertz CT molecular complexity index is 2840. The fourth-order valence-electron chi connectivity index (χ4n) is 6.51. The molecule has 7 heteroatoms. The fraction of sp³-hybridized carbons (Fsp3) is 0. The summed E-state index contributed by atoms with van der Waals surface area (Å²) in [5.74, 6) is 3.42. The van der Waals surface area contributed by atoms with Crippen molar-refractivity contribution in [3.05, 3.63) is 194 Å². The molecule has 7 nitrogen and oxygen atoms in total. The number of aromatic nitrogens is 6. The van der Waals surface area contributed by atoms with Gasteiger partial charge in [0.2, 0.25) is 0 Å². The van der Waals surface area contributed by atoms with E-state index < -0.39 is 0 Å². The molecule has 262 valence electrons. The van der Waals surface area contributed by atoms with E-state index >= 15 is 0 Å². The van der Waals surface area contributed by atoms with Crippen LogP contribution in [0.3, 0.4) is 0 Å². The van der Waals surface area contributed by atoms with Crippen LogP contribution in [0.5, 0.6) is 0 Å². The first-order valence-electron chi connectivity index (χ1n) is 18.2.